The molecule has 3 rings (SSSR count). The molecule has 0 spiro atoms. The van der Waals surface area contributed by atoms with E-state index in [2.05, 4.69) is 10.4 Å². The number of nitrogens with one attached hydrogen (secondary N) is 1. The Kier molecular flexibility index (Phi) is 9.39. The van der Waals surface area contributed by atoms with Crippen LogP contribution in [0, 0.1) is 10.8 Å². The van der Waals surface area contributed by atoms with Crippen molar-refractivity contribution >= 4 is 46.6 Å². The SMILES string of the molecule is CC(C)(C)C(=O)OCOC(=O)CCn1cccc(-c2cc(NCc3ccc(Cl)s3)n(C(=O)C(C)(C)C)n2)c1=O. The van der Waals surface area contributed by atoms with Gasteiger partial charge in [-0.25, -0.2) is 0 Å². The number of halogens is 1. The minimum Gasteiger partial charge on any atom is -0.428 e. The van der Waals surface area contributed by atoms with Crippen molar-refractivity contribution in [2.45, 2.75) is 61.1 Å². The van der Waals surface area contributed by atoms with E-state index in [1.54, 1.807) is 72.0 Å². The van der Waals surface area contributed by atoms with Crippen LogP contribution in [0.25, 0.3) is 11.3 Å². The highest BCUT2D eigenvalue weighted by Crippen LogP contribution is 2.26. The second-order valence-electron chi connectivity index (χ2n) is 10.9. The molecule has 0 aliphatic rings. The van der Waals surface area contributed by atoms with E-state index in [4.69, 9.17) is 21.1 Å². The number of nitrogens with zero attached hydrogens (tertiary/aromatic N) is 3. The smallest absolute Gasteiger partial charge is 0.314 e. The number of hydrogen-bond donors (Lipinski definition) is 1. The lowest BCUT2D eigenvalue weighted by molar-refractivity contribution is -0.173. The van der Waals surface area contributed by atoms with Crippen LogP contribution in [0.3, 0.4) is 0 Å². The molecule has 12 heteroatoms. The average molecular weight is 577 g/mol. The van der Waals surface area contributed by atoms with Gasteiger partial charge in [0.05, 0.1) is 28.3 Å². The molecule has 0 aliphatic heterocycles. The second-order valence-corrected chi connectivity index (χ2v) is 12.7. The summed E-state index contributed by atoms with van der Waals surface area (Å²) >= 11 is 7.45. The first-order valence-corrected chi connectivity index (χ1v) is 13.5. The first kappa shape index (κ1) is 30.1. The van der Waals surface area contributed by atoms with Gasteiger partial charge in [-0.15, -0.1) is 11.3 Å². The molecule has 0 saturated heterocycles. The fourth-order valence-electron chi connectivity index (χ4n) is 3.29. The van der Waals surface area contributed by atoms with Crippen molar-refractivity contribution in [3.8, 4) is 11.3 Å². The van der Waals surface area contributed by atoms with Gasteiger partial charge >= 0.3 is 11.9 Å². The molecule has 1 N–H and O–H groups in total. The van der Waals surface area contributed by atoms with Gasteiger partial charge in [-0.1, -0.05) is 32.4 Å². The van der Waals surface area contributed by atoms with Gasteiger partial charge in [0.2, 0.25) is 6.79 Å². The van der Waals surface area contributed by atoms with Crippen LogP contribution in [0.5, 0.6) is 0 Å². The zero-order chi connectivity index (χ0) is 29.0. The van der Waals surface area contributed by atoms with Gasteiger partial charge in [0.15, 0.2) is 0 Å². The molecule has 39 heavy (non-hydrogen) atoms. The van der Waals surface area contributed by atoms with E-state index < -0.39 is 29.6 Å². The molecule has 210 valence electrons. The number of pyridine rings is 1. The number of rotatable bonds is 9. The Labute approximate surface area is 235 Å². The van der Waals surface area contributed by atoms with Gasteiger partial charge in [0.25, 0.3) is 11.5 Å². The minimum atomic E-state index is -0.718. The fourth-order valence-corrected chi connectivity index (χ4v) is 4.32. The Morgan fingerprint density at radius 1 is 1.05 bits per heavy atom. The molecule has 0 aliphatic carbocycles. The molecule has 0 amide bonds. The highest BCUT2D eigenvalue weighted by Gasteiger charge is 2.27. The molecule has 0 atom stereocenters. The quantitative estimate of drug-likeness (QED) is 0.272. The predicted molar refractivity (Wildman–Crippen MR) is 150 cm³/mol. The molecule has 3 heterocycles. The van der Waals surface area contributed by atoms with E-state index in [1.165, 1.54) is 20.6 Å². The topological polar surface area (TPSA) is 122 Å². The Morgan fingerprint density at radius 3 is 2.38 bits per heavy atom. The Morgan fingerprint density at radius 2 is 1.77 bits per heavy atom. The molecule has 10 nitrogen and oxygen atoms in total. The normalized spacial score (nSPS) is 11.8. The highest BCUT2D eigenvalue weighted by atomic mass is 35.5. The van der Waals surface area contributed by atoms with Crippen molar-refractivity contribution in [1.29, 1.82) is 0 Å². The molecule has 0 fully saturated rings. The summed E-state index contributed by atoms with van der Waals surface area (Å²) < 4.78 is 13.2. The summed E-state index contributed by atoms with van der Waals surface area (Å²) in [5, 5.41) is 7.69. The van der Waals surface area contributed by atoms with Crippen LogP contribution in [0.1, 0.15) is 57.6 Å². The van der Waals surface area contributed by atoms with Crippen LogP contribution in [0.15, 0.2) is 41.3 Å². The van der Waals surface area contributed by atoms with E-state index >= 15 is 0 Å². The fraction of sp³-hybridized carbons (Fsp3) is 0.444. The molecule has 0 radical (unpaired) electrons. The number of hydrogen-bond acceptors (Lipinski definition) is 9. The zero-order valence-corrected chi connectivity index (χ0v) is 24.4. The maximum atomic E-state index is 13.2. The minimum absolute atomic E-state index is 0.0462. The number of thiophene rings is 1. The number of ether oxygens (including phenoxy) is 2. The summed E-state index contributed by atoms with van der Waals surface area (Å²) in [6.45, 7) is 10.4. The van der Waals surface area contributed by atoms with E-state index in [0.717, 1.165) is 4.88 Å². The maximum Gasteiger partial charge on any atom is 0.314 e. The number of anilines is 1. The summed E-state index contributed by atoms with van der Waals surface area (Å²) in [5.41, 5.74) is -1.22. The van der Waals surface area contributed by atoms with Crippen molar-refractivity contribution in [1.82, 2.24) is 14.3 Å². The van der Waals surface area contributed by atoms with E-state index in [1.807, 2.05) is 6.07 Å². The number of aromatic nitrogens is 3. The number of carbonyl (C=O) groups is 3. The predicted octanol–water partition coefficient (Wildman–Crippen LogP) is 5.21. The van der Waals surface area contributed by atoms with Crippen LogP contribution in [-0.2, 0) is 32.2 Å². The van der Waals surface area contributed by atoms with E-state index in [-0.39, 0.29) is 30.0 Å². The van der Waals surface area contributed by atoms with Gasteiger partial charge in [0.1, 0.15) is 11.5 Å². The first-order chi connectivity index (χ1) is 18.2. The van der Waals surface area contributed by atoms with Gasteiger partial charge in [-0.3, -0.25) is 19.2 Å². The molecule has 0 aromatic carbocycles. The van der Waals surface area contributed by atoms with Crippen LogP contribution in [-0.4, -0.2) is 39.0 Å². The summed E-state index contributed by atoms with van der Waals surface area (Å²) in [6, 6.07) is 8.62. The summed E-state index contributed by atoms with van der Waals surface area (Å²) in [5.74, 6) is -0.907. The Balaban J connectivity index is 1.76. The molecule has 0 saturated carbocycles. The van der Waals surface area contributed by atoms with Crippen molar-refractivity contribution in [3.63, 3.8) is 0 Å². The third-order valence-corrected chi connectivity index (χ3v) is 6.72. The van der Waals surface area contributed by atoms with E-state index in [9.17, 15) is 19.2 Å². The third-order valence-electron chi connectivity index (χ3n) is 5.49. The Hall–Kier alpha value is -3.44. The van der Waals surface area contributed by atoms with Gasteiger partial charge in [-0.2, -0.15) is 9.78 Å². The summed E-state index contributed by atoms with van der Waals surface area (Å²) in [6.07, 6.45) is 1.44. The summed E-state index contributed by atoms with van der Waals surface area (Å²) in [7, 11) is 0. The van der Waals surface area contributed by atoms with Crippen molar-refractivity contribution in [2.24, 2.45) is 10.8 Å². The van der Waals surface area contributed by atoms with Gasteiger partial charge in [-0.05, 0) is 45.0 Å². The summed E-state index contributed by atoms with van der Waals surface area (Å²) in [4.78, 5) is 51.3. The molecule has 3 aromatic rings. The van der Waals surface area contributed by atoms with E-state index in [0.29, 0.717) is 22.4 Å². The number of carbonyl (C=O) groups excluding carboxylic acids is 3. The molecule has 3 aromatic heterocycles. The third kappa shape index (κ3) is 8.03. The molecule has 0 bridgehead atoms. The number of aryl methyl sites for hydroxylation is 1. The van der Waals surface area contributed by atoms with Crippen LogP contribution >= 0.6 is 22.9 Å². The standard InChI is InChI=1S/C27H33ClN4O6S/c1-26(2,3)24(35)32-21(29-15-17-9-10-20(28)39-17)14-19(30-32)18-8-7-12-31(23(18)34)13-11-22(33)37-16-38-25(36)27(4,5)6/h7-10,12,14,29H,11,13,15-16H2,1-6H3. The van der Waals surface area contributed by atoms with Gasteiger partial charge in [0, 0.05) is 29.1 Å². The van der Waals surface area contributed by atoms with Crippen molar-refractivity contribution in [2.75, 3.05) is 12.1 Å². The van der Waals surface area contributed by atoms with Crippen LogP contribution < -0.4 is 10.9 Å². The monoisotopic (exact) mass is 576 g/mol. The maximum absolute atomic E-state index is 13.2. The van der Waals surface area contributed by atoms with Crippen LogP contribution in [0.4, 0.5) is 5.82 Å². The second kappa shape index (κ2) is 12.2. The highest BCUT2D eigenvalue weighted by molar-refractivity contribution is 7.16. The van der Waals surface area contributed by atoms with Crippen molar-refractivity contribution < 1.29 is 23.9 Å². The lowest BCUT2D eigenvalue weighted by Crippen LogP contribution is -2.29. The first-order valence-electron chi connectivity index (χ1n) is 12.3. The largest absolute Gasteiger partial charge is 0.428 e. The van der Waals surface area contributed by atoms with Gasteiger partial charge < -0.3 is 19.4 Å². The number of esters is 2. The Bertz CT molecular complexity index is 1410. The van der Waals surface area contributed by atoms with Crippen molar-refractivity contribution in [3.05, 3.63) is 56.1 Å². The van der Waals surface area contributed by atoms with Crippen LogP contribution in [0.2, 0.25) is 4.34 Å². The molecular weight excluding hydrogens is 544 g/mol. The zero-order valence-electron chi connectivity index (χ0n) is 22.9. The molecule has 0 unspecified atom stereocenters. The molecular formula is C27H33ClN4O6S. The average Bonchev–Trinajstić information content (AvgIpc) is 3.46. The lowest BCUT2D eigenvalue weighted by Gasteiger charge is -2.18. The lowest BCUT2D eigenvalue weighted by atomic mass is 9.96.